The fourth-order valence-corrected chi connectivity index (χ4v) is 2.32. The Hall–Kier alpha value is 0.350. The molecule has 0 bridgehead atoms. The van der Waals surface area contributed by atoms with Crippen molar-refractivity contribution in [2.45, 2.75) is 39.5 Å². The summed E-state index contributed by atoms with van der Waals surface area (Å²) in [6.45, 7) is 4.76. The zero-order chi connectivity index (χ0) is 7.61. The zero-order valence-corrected chi connectivity index (χ0v) is 7.95. The fourth-order valence-electron chi connectivity index (χ4n) is 2.01. The molecule has 1 rings (SSSR count). The molecular weight excluding hydrogens is 140 g/mol. The van der Waals surface area contributed by atoms with Crippen LogP contribution in [-0.2, 0) is 0 Å². The molecule has 0 aromatic carbocycles. The molecule has 1 atom stereocenters. The van der Waals surface area contributed by atoms with Crippen molar-refractivity contribution in [2.24, 2.45) is 11.3 Å². The van der Waals surface area contributed by atoms with Crippen LogP contribution >= 0.6 is 12.6 Å². The van der Waals surface area contributed by atoms with Gasteiger partial charge in [-0.3, -0.25) is 0 Å². The lowest BCUT2D eigenvalue weighted by Crippen LogP contribution is -2.23. The van der Waals surface area contributed by atoms with E-state index in [0.29, 0.717) is 5.41 Å². The molecule has 0 spiro atoms. The van der Waals surface area contributed by atoms with E-state index in [2.05, 4.69) is 26.5 Å². The predicted molar refractivity (Wildman–Crippen MR) is 49.6 cm³/mol. The minimum atomic E-state index is 0.603. The van der Waals surface area contributed by atoms with Gasteiger partial charge in [-0.2, -0.15) is 12.6 Å². The van der Waals surface area contributed by atoms with Gasteiger partial charge in [-0.25, -0.2) is 0 Å². The lowest BCUT2D eigenvalue weighted by Gasteiger charge is -2.34. The van der Waals surface area contributed by atoms with Gasteiger partial charge in [0.25, 0.3) is 0 Å². The van der Waals surface area contributed by atoms with E-state index >= 15 is 0 Å². The van der Waals surface area contributed by atoms with Crippen molar-refractivity contribution in [2.75, 3.05) is 5.75 Å². The van der Waals surface area contributed by atoms with Crippen molar-refractivity contribution in [3.63, 3.8) is 0 Å². The normalized spacial score (nSPS) is 32.1. The van der Waals surface area contributed by atoms with Gasteiger partial charge in [0.1, 0.15) is 0 Å². The largest absolute Gasteiger partial charge is 0.179 e. The molecule has 1 unspecified atom stereocenters. The Labute approximate surface area is 69.8 Å². The van der Waals surface area contributed by atoms with Crippen LogP contribution in [0.4, 0.5) is 0 Å². The first kappa shape index (κ1) is 8.45. The first-order valence-corrected chi connectivity index (χ1v) is 4.88. The highest BCUT2D eigenvalue weighted by molar-refractivity contribution is 7.80. The van der Waals surface area contributed by atoms with E-state index < -0.39 is 0 Å². The van der Waals surface area contributed by atoms with Gasteiger partial charge < -0.3 is 0 Å². The molecular formula is C9H18S. The van der Waals surface area contributed by atoms with E-state index in [0.717, 1.165) is 11.7 Å². The number of hydrogen-bond acceptors (Lipinski definition) is 1. The van der Waals surface area contributed by atoms with Gasteiger partial charge in [-0.1, -0.05) is 20.3 Å². The first-order valence-electron chi connectivity index (χ1n) is 4.25. The second-order valence-corrected chi connectivity index (χ2v) is 4.67. The summed E-state index contributed by atoms with van der Waals surface area (Å²) in [5, 5.41) is 0. The highest BCUT2D eigenvalue weighted by Crippen LogP contribution is 2.38. The summed E-state index contributed by atoms with van der Waals surface area (Å²) in [7, 11) is 0. The summed E-state index contributed by atoms with van der Waals surface area (Å²) >= 11 is 4.34. The van der Waals surface area contributed by atoms with Crippen LogP contribution in [0.5, 0.6) is 0 Å². The van der Waals surface area contributed by atoms with Crippen LogP contribution in [0.3, 0.4) is 0 Å². The quantitative estimate of drug-likeness (QED) is 0.557. The fraction of sp³-hybridized carbons (Fsp3) is 1.00. The molecule has 0 radical (unpaired) electrons. The van der Waals surface area contributed by atoms with Crippen molar-refractivity contribution in [1.82, 2.24) is 0 Å². The standard InChI is InChI=1S/C9H18S/c1-9(2)5-3-4-8(6-9)7-10/h8,10H,3-7H2,1-2H3. The maximum Gasteiger partial charge on any atom is -0.00693 e. The van der Waals surface area contributed by atoms with E-state index in [1.807, 2.05) is 0 Å². The zero-order valence-electron chi connectivity index (χ0n) is 7.06. The Morgan fingerprint density at radius 2 is 2.20 bits per heavy atom. The van der Waals surface area contributed by atoms with Crippen molar-refractivity contribution >= 4 is 12.6 Å². The molecule has 1 aliphatic rings. The monoisotopic (exact) mass is 158 g/mol. The molecule has 0 aromatic heterocycles. The Balaban J connectivity index is 2.40. The molecule has 0 aromatic rings. The summed E-state index contributed by atoms with van der Waals surface area (Å²) in [4.78, 5) is 0. The predicted octanol–water partition coefficient (Wildman–Crippen LogP) is 3.13. The van der Waals surface area contributed by atoms with Crippen LogP contribution in [-0.4, -0.2) is 5.75 Å². The van der Waals surface area contributed by atoms with Crippen molar-refractivity contribution in [3.05, 3.63) is 0 Å². The maximum atomic E-state index is 4.34. The van der Waals surface area contributed by atoms with E-state index in [1.165, 1.54) is 25.7 Å². The molecule has 1 aliphatic carbocycles. The Kier molecular flexibility index (Phi) is 2.67. The van der Waals surface area contributed by atoms with Gasteiger partial charge in [-0.15, -0.1) is 0 Å². The highest BCUT2D eigenvalue weighted by atomic mass is 32.1. The summed E-state index contributed by atoms with van der Waals surface area (Å²) in [5.74, 6) is 1.98. The third kappa shape index (κ3) is 2.19. The second-order valence-electron chi connectivity index (χ2n) is 4.31. The third-order valence-corrected chi connectivity index (χ3v) is 3.08. The average Bonchev–Trinajstić information content (AvgIpc) is 1.86. The molecule has 10 heavy (non-hydrogen) atoms. The Bertz CT molecular complexity index is 107. The van der Waals surface area contributed by atoms with Crippen LogP contribution in [0.25, 0.3) is 0 Å². The lowest BCUT2D eigenvalue weighted by molar-refractivity contribution is 0.194. The van der Waals surface area contributed by atoms with E-state index in [-0.39, 0.29) is 0 Å². The average molecular weight is 158 g/mol. The summed E-state index contributed by atoms with van der Waals surface area (Å²) in [6, 6.07) is 0. The van der Waals surface area contributed by atoms with Gasteiger partial charge in [0.15, 0.2) is 0 Å². The van der Waals surface area contributed by atoms with E-state index in [4.69, 9.17) is 0 Å². The summed E-state index contributed by atoms with van der Waals surface area (Å²) < 4.78 is 0. The number of rotatable bonds is 1. The van der Waals surface area contributed by atoms with Gasteiger partial charge in [-0.05, 0) is 36.3 Å². The first-order chi connectivity index (χ1) is 4.64. The molecule has 0 saturated heterocycles. The van der Waals surface area contributed by atoms with Gasteiger partial charge in [0.05, 0.1) is 0 Å². The number of hydrogen-bond donors (Lipinski definition) is 1. The van der Waals surface area contributed by atoms with Crippen LogP contribution in [0.15, 0.2) is 0 Å². The molecule has 1 saturated carbocycles. The molecule has 0 aliphatic heterocycles. The van der Waals surface area contributed by atoms with Gasteiger partial charge in [0.2, 0.25) is 0 Å². The van der Waals surface area contributed by atoms with E-state index in [1.54, 1.807) is 0 Å². The molecule has 0 N–H and O–H groups in total. The minimum absolute atomic E-state index is 0.603. The lowest BCUT2D eigenvalue weighted by atomic mass is 9.73. The Morgan fingerprint density at radius 3 is 2.60 bits per heavy atom. The maximum absolute atomic E-state index is 4.34. The summed E-state index contributed by atoms with van der Waals surface area (Å²) in [6.07, 6.45) is 5.62. The van der Waals surface area contributed by atoms with Crippen molar-refractivity contribution in [1.29, 1.82) is 0 Å². The minimum Gasteiger partial charge on any atom is -0.179 e. The molecule has 60 valence electrons. The molecule has 0 heterocycles. The topological polar surface area (TPSA) is 0 Å². The van der Waals surface area contributed by atoms with E-state index in [9.17, 15) is 0 Å². The SMILES string of the molecule is CC1(C)CCCC(CS)C1. The van der Waals surface area contributed by atoms with Crippen LogP contribution in [0, 0.1) is 11.3 Å². The van der Waals surface area contributed by atoms with Crippen LogP contribution < -0.4 is 0 Å². The molecule has 1 heteroatoms. The van der Waals surface area contributed by atoms with Gasteiger partial charge >= 0.3 is 0 Å². The third-order valence-electron chi connectivity index (χ3n) is 2.57. The van der Waals surface area contributed by atoms with Gasteiger partial charge in [0, 0.05) is 0 Å². The molecule has 1 fully saturated rings. The smallest absolute Gasteiger partial charge is 0.00693 e. The summed E-state index contributed by atoms with van der Waals surface area (Å²) in [5.41, 5.74) is 0.603. The molecule has 0 amide bonds. The van der Waals surface area contributed by atoms with Crippen molar-refractivity contribution in [3.8, 4) is 0 Å². The van der Waals surface area contributed by atoms with Crippen molar-refractivity contribution < 1.29 is 0 Å². The van der Waals surface area contributed by atoms with Crippen LogP contribution in [0.1, 0.15) is 39.5 Å². The number of thiol groups is 1. The molecule has 0 nitrogen and oxygen atoms in total. The Morgan fingerprint density at radius 1 is 1.50 bits per heavy atom. The van der Waals surface area contributed by atoms with Crippen LogP contribution in [0.2, 0.25) is 0 Å². The highest BCUT2D eigenvalue weighted by Gasteiger charge is 2.26. The second kappa shape index (κ2) is 3.17.